The number of carbonyl (C=O) groups is 2. The lowest BCUT2D eigenvalue weighted by Gasteiger charge is -2.26. The van der Waals surface area contributed by atoms with Crippen molar-refractivity contribution in [2.75, 3.05) is 31.9 Å². The number of amides is 2. The van der Waals surface area contributed by atoms with Gasteiger partial charge in [-0.15, -0.1) is 0 Å². The van der Waals surface area contributed by atoms with E-state index >= 15 is 0 Å². The minimum absolute atomic E-state index is 0. The van der Waals surface area contributed by atoms with E-state index in [-0.39, 0.29) is 20.7 Å². The number of fused-ring (bicyclic) bond motifs is 1. The Hall–Kier alpha value is -4.47. The van der Waals surface area contributed by atoms with E-state index in [1.165, 1.54) is 0 Å². The highest BCUT2D eigenvalue weighted by Gasteiger charge is 2.26. The zero-order valence-electron chi connectivity index (χ0n) is 22.7. The van der Waals surface area contributed by atoms with Crippen molar-refractivity contribution in [2.45, 2.75) is 39.7 Å². The zero-order valence-corrected chi connectivity index (χ0v) is 22.7. The molecule has 5 rings (SSSR count). The van der Waals surface area contributed by atoms with E-state index in [2.05, 4.69) is 15.0 Å². The minimum atomic E-state index is -0.554. The average Bonchev–Trinajstić information content (AvgIpc) is 3.14. The van der Waals surface area contributed by atoms with E-state index in [9.17, 15) is 9.59 Å². The number of H-pyrrole nitrogens is 1. The van der Waals surface area contributed by atoms with Gasteiger partial charge in [0, 0.05) is 40.2 Å². The topological polar surface area (TPSA) is 130 Å². The number of ether oxygens (including phenoxy) is 1. The van der Waals surface area contributed by atoms with E-state index in [1.54, 1.807) is 28.1 Å². The first-order chi connectivity index (χ1) is 18.6. The molecule has 0 spiro atoms. The van der Waals surface area contributed by atoms with E-state index in [0.717, 1.165) is 22.2 Å². The van der Waals surface area contributed by atoms with Crippen LogP contribution in [0.1, 0.15) is 46.0 Å². The molecule has 0 radical (unpaired) electrons. The van der Waals surface area contributed by atoms with E-state index in [4.69, 9.17) is 15.5 Å². The number of aromatic amines is 1. The summed E-state index contributed by atoms with van der Waals surface area (Å²) in [6, 6.07) is 13.3. The molecule has 39 heavy (non-hydrogen) atoms. The molecular formula is C29H37N7O3. The monoisotopic (exact) mass is 531 g/mol. The van der Waals surface area contributed by atoms with Gasteiger partial charge in [0.2, 0.25) is 0 Å². The zero-order chi connectivity index (χ0) is 27.7. The Kier molecular flexibility index (Phi) is 6.94. The number of nitrogen functional groups attached to an aromatic ring is 1. The van der Waals surface area contributed by atoms with Crippen LogP contribution in [0.4, 0.5) is 10.6 Å². The first kappa shape index (κ1) is 26.1. The van der Waals surface area contributed by atoms with Crippen LogP contribution in [-0.4, -0.2) is 73.5 Å². The molecule has 0 aliphatic carbocycles. The van der Waals surface area contributed by atoms with E-state index in [0.29, 0.717) is 55.4 Å². The molecule has 1 saturated heterocycles. The molecule has 2 aromatic heterocycles. The number of benzene rings is 2. The van der Waals surface area contributed by atoms with Crippen molar-refractivity contribution >= 4 is 28.9 Å². The number of hydrogen-bond donors (Lipinski definition) is 2. The third-order valence-electron chi connectivity index (χ3n) is 6.52. The summed E-state index contributed by atoms with van der Waals surface area (Å²) in [7, 11) is 0. The van der Waals surface area contributed by atoms with Crippen molar-refractivity contribution in [1.82, 2.24) is 29.7 Å². The van der Waals surface area contributed by atoms with Crippen molar-refractivity contribution in [3.8, 4) is 22.8 Å². The Morgan fingerprint density at radius 1 is 1.00 bits per heavy atom. The number of imidazole rings is 1. The number of hydrogen-bond acceptors (Lipinski definition) is 7. The molecule has 1 aliphatic rings. The van der Waals surface area contributed by atoms with E-state index in [1.807, 2.05) is 58.0 Å². The largest absolute Gasteiger partial charge is 0.444 e. The lowest BCUT2D eigenvalue weighted by Crippen LogP contribution is -2.40. The van der Waals surface area contributed by atoms with Gasteiger partial charge >= 0.3 is 6.09 Å². The number of nitrogens with one attached hydrogen (secondary N) is 1. The number of aryl methyl sites for hydroxylation is 1. The number of aromatic nitrogens is 4. The van der Waals surface area contributed by atoms with Crippen molar-refractivity contribution in [3.05, 3.63) is 59.8 Å². The first-order valence-electron chi connectivity index (χ1n) is 13.0. The fourth-order valence-corrected chi connectivity index (χ4v) is 4.54. The maximum atomic E-state index is 13.2. The first-order valence-corrected chi connectivity index (χ1v) is 13.0. The Morgan fingerprint density at radius 2 is 1.72 bits per heavy atom. The molecule has 4 aromatic rings. The molecule has 10 heteroatoms. The molecule has 0 unspecified atom stereocenters. The van der Waals surface area contributed by atoms with Gasteiger partial charge in [0.15, 0.2) is 11.6 Å². The van der Waals surface area contributed by atoms with Gasteiger partial charge in [0.05, 0.1) is 22.9 Å². The van der Waals surface area contributed by atoms with Gasteiger partial charge < -0.3 is 25.3 Å². The molecule has 2 aromatic carbocycles. The van der Waals surface area contributed by atoms with Crippen LogP contribution < -0.4 is 5.73 Å². The predicted molar refractivity (Wildman–Crippen MR) is 154 cm³/mol. The van der Waals surface area contributed by atoms with Crippen molar-refractivity contribution in [2.24, 2.45) is 0 Å². The summed E-state index contributed by atoms with van der Waals surface area (Å²) in [5.74, 6) is 0.757. The molecule has 3 heterocycles. The van der Waals surface area contributed by atoms with Crippen molar-refractivity contribution < 1.29 is 17.2 Å². The number of anilines is 1. The predicted octanol–water partition coefficient (Wildman–Crippen LogP) is 5.15. The Bertz CT molecular complexity index is 1530. The highest BCUT2D eigenvalue weighted by atomic mass is 16.6. The van der Waals surface area contributed by atoms with Gasteiger partial charge in [-0.2, -0.15) is 0 Å². The number of nitrogens with two attached hydrogens (primary N) is 1. The molecule has 0 atom stereocenters. The lowest BCUT2D eigenvalue weighted by atomic mass is 10.1. The van der Waals surface area contributed by atoms with E-state index < -0.39 is 5.60 Å². The lowest BCUT2D eigenvalue weighted by molar-refractivity contribution is 0.0255. The SMILES string of the molecule is Cc1ccc2nc(-c3nc(-c4ccc(C(=O)N5CCCN(C(=O)OC(C)(C)C)CC5)cc4)cnc3N)[nH]c2c1.[HH].[HH]. The number of nitrogens with zero attached hydrogens (tertiary/aromatic N) is 5. The summed E-state index contributed by atoms with van der Waals surface area (Å²) >= 11 is 0. The molecule has 0 bridgehead atoms. The summed E-state index contributed by atoms with van der Waals surface area (Å²) < 4.78 is 5.49. The summed E-state index contributed by atoms with van der Waals surface area (Å²) in [5.41, 5.74) is 10.9. The molecule has 1 aliphatic heterocycles. The van der Waals surface area contributed by atoms with Crippen LogP contribution in [0.25, 0.3) is 33.8 Å². The summed E-state index contributed by atoms with van der Waals surface area (Å²) in [6.45, 7) is 9.57. The fraction of sp³-hybridized carbons (Fsp3) is 0.345. The maximum Gasteiger partial charge on any atom is 0.410 e. The standard InChI is InChI=1S/C29H33N7O3.2H2/c1-18-6-11-21-22(16-18)34-26(33-21)24-25(30)31-17-23(32-24)19-7-9-20(10-8-19)27(37)35-12-5-13-36(15-14-35)28(38)39-29(2,3)4;;/h6-11,16-17H,5,12-15H2,1-4H3,(H2,30,31)(H,33,34);2*1H. The van der Waals surface area contributed by atoms with Crippen LogP contribution in [0, 0.1) is 6.92 Å². The molecular weight excluding hydrogens is 494 g/mol. The van der Waals surface area contributed by atoms with Gasteiger partial charge in [0.1, 0.15) is 11.3 Å². The van der Waals surface area contributed by atoms with Gasteiger partial charge in [-0.05, 0) is 63.9 Å². The second kappa shape index (κ2) is 10.4. The third kappa shape index (κ3) is 5.84. The Labute approximate surface area is 230 Å². The summed E-state index contributed by atoms with van der Waals surface area (Å²) in [4.78, 5) is 46.1. The smallest absolute Gasteiger partial charge is 0.410 e. The number of carbonyl (C=O) groups excluding carboxylic acids is 2. The van der Waals surface area contributed by atoms with Crippen molar-refractivity contribution in [3.63, 3.8) is 0 Å². The Morgan fingerprint density at radius 3 is 2.46 bits per heavy atom. The maximum absolute atomic E-state index is 13.2. The van der Waals surface area contributed by atoms with Gasteiger partial charge in [0.25, 0.3) is 5.91 Å². The quantitative estimate of drug-likeness (QED) is 0.374. The summed E-state index contributed by atoms with van der Waals surface area (Å²) in [5, 5.41) is 0. The second-order valence-electron chi connectivity index (χ2n) is 10.8. The van der Waals surface area contributed by atoms with Crippen LogP contribution in [0.3, 0.4) is 0 Å². The highest BCUT2D eigenvalue weighted by molar-refractivity contribution is 5.94. The molecule has 206 valence electrons. The molecule has 0 saturated carbocycles. The van der Waals surface area contributed by atoms with Crippen LogP contribution >= 0.6 is 0 Å². The van der Waals surface area contributed by atoms with Crippen LogP contribution in [-0.2, 0) is 4.74 Å². The third-order valence-corrected chi connectivity index (χ3v) is 6.52. The van der Waals surface area contributed by atoms with Gasteiger partial charge in [-0.25, -0.2) is 19.7 Å². The fourth-order valence-electron chi connectivity index (χ4n) is 4.54. The normalized spacial score (nSPS) is 14.4. The van der Waals surface area contributed by atoms with Gasteiger partial charge in [-0.3, -0.25) is 4.79 Å². The van der Waals surface area contributed by atoms with Crippen LogP contribution in [0.2, 0.25) is 0 Å². The molecule has 2 amide bonds. The molecule has 1 fully saturated rings. The Balaban J connectivity index is 0.00000231. The number of rotatable bonds is 3. The van der Waals surface area contributed by atoms with Crippen molar-refractivity contribution in [1.29, 1.82) is 0 Å². The van der Waals surface area contributed by atoms with Crippen LogP contribution in [0.15, 0.2) is 48.7 Å². The second-order valence-corrected chi connectivity index (χ2v) is 10.8. The molecule has 10 nitrogen and oxygen atoms in total. The highest BCUT2D eigenvalue weighted by Crippen LogP contribution is 2.27. The average molecular weight is 532 g/mol. The minimum Gasteiger partial charge on any atom is -0.444 e. The molecule has 3 N–H and O–H groups in total. The van der Waals surface area contributed by atoms with Gasteiger partial charge in [-0.1, -0.05) is 18.2 Å². The van der Waals surface area contributed by atoms with Crippen LogP contribution in [0.5, 0.6) is 0 Å². The summed E-state index contributed by atoms with van der Waals surface area (Å²) in [6.07, 6.45) is 1.96.